The Morgan fingerprint density at radius 2 is 1.21 bits per heavy atom. The summed E-state index contributed by atoms with van der Waals surface area (Å²) < 4.78 is 39.6. The fourth-order valence-electron chi connectivity index (χ4n) is 3.13. The van der Waals surface area contributed by atoms with E-state index in [0.717, 1.165) is 5.69 Å². The van der Waals surface area contributed by atoms with Crippen molar-refractivity contribution < 1.29 is 17.9 Å². The lowest BCUT2D eigenvalue weighted by molar-refractivity contribution is 0.396. The van der Waals surface area contributed by atoms with Gasteiger partial charge in [-0.05, 0) is 24.3 Å². The van der Waals surface area contributed by atoms with Gasteiger partial charge in [-0.2, -0.15) is 0 Å². The smallest absolute Gasteiger partial charge is 0.268 e. The van der Waals surface area contributed by atoms with Crippen LogP contribution in [0.1, 0.15) is 0 Å². The summed E-state index contributed by atoms with van der Waals surface area (Å²) in [4.78, 5) is 2.05. The Bertz CT molecular complexity index is 1040. The summed E-state index contributed by atoms with van der Waals surface area (Å²) in [5, 5.41) is 0. The minimum atomic E-state index is -3.88. The van der Waals surface area contributed by atoms with Gasteiger partial charge in [-0.1, -0.05) is 36.4 Å². The molecule has 0 amide bonds. The second kappa shape index (κ2) is 8.45. The zero-order valence-corrected chi connectivity index (χ0v) is 17.7. The molecule has 3 rings (SSSR count). The molecular formula is C22H24N2O4S. The minimum absolute atomic E-state index is 0.193. The minimum Gasteiger partial charge on any atom is -0.494 e. The van der Waals surface area contributed by atoms with E-state index in [2.05, 4.69) is 0 Å². The second-order valence-corrected chi connectivity index (χ2v) is 8.30. The van der Waals surface area contributed by atoms with Crippen molar-refractivity contribution in [1.29, 1.82) is 0 Å². The first-order chi connectivity index (χ1) is 13.9. The summed E-state index contributed by atoms with van der Waals surface area (Å²) in [6, 6.07) is 20.7. The van der Waals surface area contributed by atoms with Crippen LogP contribution >= 0.6 is 0 Å². The standard InChI is InChI=1S/C22H24N2O4S/c1-23(2)22-20(27-3)15-18(16-21(22)28-4)24(17-11-7-5-8-12-17)29(25,26)19-13-9-6-10-14-19/h5-16H,1-4H3. The predicted octanol–water partition coefficient (Wildman–Crippen LogP) is 4.30. The highest BCUT2D eigenvalue weighted by atomic mass is 32.2. The van der Waals surface area contributed by atoms with Crippen molar-refractivity contribution in [1.82, 2.24) is 0 Å². The molecule has 3 aromatic carbocycles. The lowest BCUT2D eigenvalue weighted by Crippen LogP contribution is -2.26. The van der Waals surface area contributed by atoms with Gasteiger partial charge in [0.15, 0.2) is 0 Å². The largest absolute Gasteiger partial charge is 0.494 e. The Kier molecular flexibility index (Phi) is 5.98. The number of rotatable bonds is 7. The normalized spacial score (nSPS) is 11.0. The summed E-state index contributed by atoms with van der Waals surface area (Å²) in [5.41, 5.74) is 1.65. The van der Waals surface area contributed by atoms with Crippen molar-refractivity contribution in [3.05, 3.63) is 72.8 Å². The molecule has 7 heteroatoms. The highest BCUT2D eigenvalue weighted by Crippen LogP contribution is 2.43. The fourth-order valence-corrected chi connectivity index (χ4v) is 4.62. The van der Waals surface area contributed by atoms with Crippen molar-refractivity contribution in [2.24, 2.45) is 0 Å². The number of anilines is 3. The molecule has 0 fully saturated rings. The number of hydrogen-bond acceptors (Lipinski definition) is 5. The van der Waals surface area contributed by atoms with E-state index in [1.165, 1.54) is 4.31 Å². The first kappa shape index (κ1) is 20.5. The third-order valence-electron chi connectivity index (χ3n) is 4.42. The third-order valence-corrected chi connectivity index (χ3v) is 6.19. The van der Waals surface area contributed by atoms with Gasteiger partial charge >= 0.3 is 0 Å². The first-order valence-corrected chi connectivity index (χ1v) is 10.4. The SMILES string of the molecule is COc1cc(N(c2ccccc2)S(=O)(=O)c2ccccc2)cc(OC)c1N(C)C. The van der Waals surface area contributed by atoms with Crippen molar-refractivity contribution >= 4 is 27.1 Å². The Morgan fingerprint density at radius 1 is 0.724 bits per heavy atom. The van der Waals surface area contributed by atoms with Crippen LogP contribution < -0.4 is 18.7 Å². The summed E-state index contributed by atoms with van der Waals surface area (Å²) in [5.74, 6) is 1.02. The van der Waals surface area contributed by atoms with Crippen LogP contribution in [0, 0.1) is 0 Å². The van der Waals surface area contributed by atoms with Gasteiger partial charge in [0.1, 0.15) is 17.2 Å². The van der Waals surface area contributed by atoms with Crippen molar-refractivity contribution in [2.45, 2.75) is 4.90 Å². The number of ether oxygens (including phenoxy) is 2. The lowest BCUT2D eigenvalue weighted by atomic mass is 10.2. The molecule has 6 nitrogen and oxygen atoms in total. The van der Waals surface area contributed by atoms with Gasteiger partial charge in [0, 0.05) is 26.2 Å². The third kappa shape index (κ3) is 4.00. The molecule has 0 aliphatic heterocycles. The summed E-state index contributed by atoms with van der Waals surface area (Å²) in [7, 11) is 2.95. The van der Waals surface area contributed by atoms with Gasteiger partial charge in [0.05, 0.1) is 30.5 Å². The number of nitrogens with zero attached hydrogens (tertiary/aromatic N) is 2. The zero-order chi connectivity index (χ0) is 21.0. The number of sulfonamides is 1. The molecule has 0 N–H and O–H groups in total. The van der Waals surface area contributed by atoms with E-state index in [4.69, 9.17) is 9.47 Å². The van der Waals surface area contributed by atoms with Crippen molar-refractivity contribution in [3.63, 3.8) is 0 Å². The van der Waals surface area contributed by atoms with Gasteiger partial charge in [-0.25, -0.2) is 12.7 Å². The first-order valence-electron chi connectivity index (χ1n) is 8.99. The second-order valence-electron chi connectivity index (χ2n) is 6.51. The maximum Gasteiger partial charge on any atom is 0.268 e. The monoisotopic (exact) mass is 412 g/mol. The Hall–Kier alpha value is -3.19. The molecule has 0 radical (unpaired) electrons. The van der Waals surface area contributed by atoms with Crippen LogP contribution in [-0.2, 0) is 10.0 Å². The van der Waals surface area contributed by atoms with Gasteiger partial charge in [0.25, 0.3) is 10.0 Å². The highest BCUT2D eigenvalue weighted by molar-refractivity contribution is 7.93. The van der Waals surface area contributed by atoms with E-state index in [-0.39, 0.29) is 4.90 Å². The Morgan fingerprint density at radius 3 is 1.66 bits per heavy atom. The molecule has 3 aromatic rings. The average Bonchev–Trinajstić information content (AvgIpc) is 2.74. The van der Waals surface area contributed by atoms with Gasteiger partial charge in [-0.15, -0.1) is 0 Å². The van der Waals surface area contributed by atoms with Crippen molar-refractivity contribution in [3.8, 4) is 11.5 Å². The molecular weight excluding hydrogens is 388 g/mol. The highest BCUT2D eigenvalue weighted by Gasteiger charge is 2.28. The maximum atomic E-state index is 13.6. The van der Waals surface area contributed by atoms with Crippen molar-refractivity contribution in [2.75, 3.05) is 37.5 Å². The van der Waals surface area contributed by atoms with E-state index in [0.29, 0.717) is 22.9 Å². The maximum absolute atomic E-state index is 13.6. The van der Waals surface area contributed by atoms with Crippen LogP contribution in [0.4, 0.5) is 17.1 Å². The molecule has 0 saturated carbocycles. The van der Waals surface area contributed by atoms with Gasteiger partial charge in [-0.3, -0.25) is 0 Å². The van der Waals surface area contributed by atoms with Gasteiger partial charge in [0.2, 0.25) is 0 Å². The molecule has 0 unspecified atom stereocenters. The molecule has 0 bridgehead atoms. The number of benzene rings is 3. The lowest BCUT2D eigenvalue weighted by Gasteiger charge is -2.27. The van der Waals surface area contributed by atoms with E-state index in [1.54, 1.807) is 80.9 Å². The average molecular weight is 413 g/mol. The molecule has 0 atom stereocenters. The molecule has 0 heterocycles. The number of para-hydroxylation sites is 1. The van der Waals surface area contributed by atoms with Crippen LogP contribution in [0.3, 0.4) is 0 Å². The van der Waals surface area contributed by atoms with Gasteiger partial charge < -0.3 is 14.4 Å². The van der Waals surface area contributed by atoms with Crippen LogP contribution in [0.5, 0.6) is 11.5 Å². The quantitative estimate of drug-likeness (QED) is 0.579. The fraction of sp³-hybridized carbons (Fsp3) is 0.182. The van der Waals surface area contributed by atoms with E-state index < -0.39 is 10.0 Å². The number of methoxy groups -OCH3 is 2. The van der Waals surface area contributed by atoms with Crippen LogP contribution in [0.2, 0.25) is 0 Å². The summed E-state index contributed by atoms with van der Waals surface area (Å²) >= 11 is 0. The zero-order valence-electron chi connectivity index (χ0n) is 16.9. The molecule has 29 heavy (non-hydrogen) atoms. The molecule has 0 saturated heterocycles. The Balaban J connectivity index is 2.29. The van der Waals surface area contributed by atoms with Crippen LogP contribution in [0.15, 0.2) is 77.7 Å². The number of hydrogen-bond donors (Lipinski definition) is 0. The topological polar surface area (TPSA) is 59.1 Å². The van der Waals surface area contributed by atoms with E-state index in [9.17, 15) is 8.42 Å². The van der Waals surface area contributed by atoms with Crippen LogP contribution in [-0.4, -0.2) is 36.7 Å². The van der Waals surface area contributed by atoms with E-state index >= 15 is 0 Å². The molecule has 0 spiro atoms. The molecule has 0 aliphatic carbocycles. The molecule has 152 valence electrons. The van der Waals surface area contributed by atoms with E-state index in [1.807, 2.05) is 25.1 Å². The summed E-state index contributed by atoms with van der Waals surface area (Å²) in [6.07, 6.45) is 0. The predicted molar refractivity (Wildman–Crippen MR) is 116 cm³/mol. The Labute approximate surface area is 172 Å². The van der Waals surface area contributed by atoms with Crippen LogP contribution in [0.25, 0.3) is 0 Å². The summed E-state index contributed by atoms with van der Waals surface area (Å²) in [6.45, 7) is 0. The molecule has 0 aliphatic rings. The molecule has 0 aromatic heterocycles.